The van der Waals surface area contributed by atoms with Gasteiger partial charge in [-0.3, -0.25) is 0 Å². The molecule has 0 radical (unpaired) electrons. The fraction of sp³-hybridized carbons (Fsp3) is 0.111. The molecule has 122 valence electrons. The summed E-state index contributed by atoms with van der Waals surface area (Å²) in [5.74, 6) is 1.06. The first-order chi connectivity index (χ1) is 12.2. The predicted molar refractivity (Wildman–Crippen MR) is 90.6 cm³/mol. The van der Waals surface area contributed by atoms with Gasteiger partial charge in [-0.25, -0.2) is 9.78 Å². The molecule has 0 atom stereocenters. The number of aliphatic imine (C=N–C) groups is 1. The number of hydrogen-bond donors (Lipinski definition) is 0. The van der Waals surface area contributed by atoms with Crippen LogP contribution in [0.25, 0.3) is 16.9 Å². The van der Waals surface area contributed by atoms with Crippen LogP contribution in [-0.2, 0) is 4.79 Å². The van der Waals surface area contributed by atoms with E-state index >= 15 is 0 Å². The Bertz CT molecular complexity index is 992. The Hall–Kier alpha value is -3.75. The van der Waals surface area contributed by atoms with Crippen molar-refractivity contribution < 1.29 is 9.53 Å². The van der Waals surface area contributed by atoms with Crippen LogP contribution in [0.5, 0.6) is 5.88 Å². The van der Waals surface area contributed by atoms with Gasteiger partial charge in [0.15, 0.2) is 5.82 Å². The number of aromatic nitrogens is 3. The molecule has 0 spiro atoms. The molecular formula is C18H13N5O2. The normalized spacial score (nSPS) is 9.96. The van der Waals surface area contributed by atoms with E-state index in [4.69, 9.17) is 10.00 Å². The molecular weight excluding hydrogens is 318 g/mol. The molecule has 0 bridgehead atoms. The summed E-state index contributed by atoms with van der Waals surface area (Å²) in [4.78, 5) is 18.1. The number of nitriles is 1. The molecule has 25 heavy (non-hydrogen) atoms. The zero-order valence-electron chi connectivity index (χ0n) is 13.6. The summed E-state index contributed by atoms with van der Waals surface area (Å²) < 4.78 is 7.13. The Morgan fingerprint density at radius 2 is 1.96 bits per heavy atom. The zero-order chi connectivity index (χ0) is 17.8. The molecule has 0 fully saturated rings. The Kier molecular flexibility index (Phi) is 4.38. The summed E-state index contributed by atoms with van der Waals surface area (Å²) in [6.07, 6.45) is 2.93. The average molecular weight is 331 g/mol. The lowest BCUT2D eigenvalue weighted by Gasteiger charge is -2.08. The van der Waals surface area contributed by atoms with Gasteiger partial charge in [-0.15, -0.1) is 0 Å². The second-order valence-electron chi connectivity index (χ2n) is 5.15. The minimum Gasteiger partial charge on any atom is -0.480 e. The first kappa shape index (κ1) is 16.1. The fourth-order valence-corrected chi connectivity index (χ4v) is 2.52. The number of hydrogen-bond acceptors (Lipinski definition) is 6. The number of methoxy groups -OCH3 is 1. The molecule has 7 heteroatoms. The van der Waals surface area contributed by atoms with Gasteiger partial charge in [0.05, 0.1) is 41.9 Å². The third-order valence-corrected chi connectivity index (χ3v) is 3.64. The summed E-state index contributed by atoms with van der Waals surface area (Å²) in [7, 11) is 1.56. The number of carbonyl (C=O) groups excluding carboxylic acids is 1. The Morgan fingerprint density at radius 3 is 2.52 bits per heavy atom. The highest BCUT2D eigenvalue weighted by Gasteiger charge is 2.19. The Balaban J connectivity index is 2.10. The van der Waals surface area contributed by atoms with Crippen LogP contribution >= 0.6 is 0 Å². The van der Waals surface area contributed by atoms with Crippen LogP contribution in [0.2, 0.25) is 0 Å². The molecule has 0 aliphatic rings. The van der Waals surface area contributed by atoms with Gasteiger partial charge in [0, 0.05) is 0 Å². The van der Waals surface area contributed by atoms with Gasteiger partial charge in [0.1, 0.15) is 0 Å². The van der Waals surface area contributed by atoms with Gasteiger partial charge >= 0.3 is 0 Å². The monoisotopic (exact) mass is 331 g/mol. The molecule has 2 heterocycles. The van der Waals surface area contributed by atoms with Crippen LogP contribution in [-0.4, -0.2) is 28.0 Å². The smallest absolute Gasteiger partial charge is 0.240 e. The van der Waals surface area contributed by atoms with E-state index in [1.165, 1.54) is 12.3 Å². The number of nitrogens with zero attached hydrogens (tertiary/aromatic N) is 5. The second-order valence-corrected chi connectivity index (χ2v) is 5.15. The number of rotatable bonds is 4. The van der Waals surface area contributed by atoms with Crippen molar-refractivity contribution in [1.82, 2.24) is 14.8 Å². The number of aryl methyl sites for hydroxylation is 1. The molecule has 0 saturated heterocycles. The van der Waals surface area contributed by atoms with Crippen LogP contribution in [0, 0.1) is 18.3 Å². The van der Waals surface area contributed by atoms with E-state index in [9.17, 15) is 4.79 Å². The third-order valence-electron chi connectivity index (χ3n) is 3.64. The first-order valence-electron chi connectivity index (χ1n) is 7.36. The lowest BCUT2D eigenvalue weighted by atomic mass is 10.0. The highest BCUT2D eigenvalue weighted by molar-refractivity contribution is 5.72. The largest absolute Gasteiger partial charge is 0.480 e. The summed E-state index contributed by atoms with van der Waals surface area (Å²) in [5.41, 5.74) is 3.47. The lowest BCUT2D eigenvalue weighted by Crippen LogP contribution is -2.02. The van der Waals surface area contributed by atoms with Crippen LogP contribution in [0.1, 0.15) is 11.3 Å². The summed E-state index contributed by atoms with van der Waals surface area (Å²) in [6, 6.07) is 12.6. The van der Waals surface area contributed by atoms with Crippen LogP contribution in [0.4, 0.5) is 5.69 Å². The molecule has 2 aromatic heterocycles. The maximum absolute atomic E-state index is 10.3. The zero-order valence-corrected chi connectivity index (χ0v) is 13.6. The van der Waals surface area contributed by atoms with Gasteiger partial charge in [0.25, 0.3) is 0 Å². The summed E-state index contributed by atoms with van der Waals surface area (Å²) in [5, 5.41) is 13.4. The van der Waals surface area contributed by atoms with Crippen LogP contribution < -0.4 is 4.74 Å². The molecule has 0 aliphatic heterocycles. The lowest BCUT2D eigenvalue weighted by molar-refractivity contribution is 0.384. The van der Waals surface area contributed by atoms with Crippen LogP contribution in [0.3, 0.4) is 0 Å². The molecule has 0 unspecified atom stereocenters. The molecule has 0 aliphatic carbocycles. The minimum absolute atomic E-state index is 0.411. The highest BCUT2D eigenvalue weighted by atomic mass is 16.5. The SMILES string of the molecule is COc1c(-c2ccc(C#N)cc2)c(C)nn1-c1ccc(N=C=O)cn1. The van der Waals surface area contributed by atoms with Gasteiger partial charge in [-0.05, 0) is 36.8 Å². The summed E-state index contributed by atoms with van der Waals surface area (Å²) in [6.45, 7) is 1.87. The van der Waals surface area contributed by atoms with Crippen molar-refractivity contribution in [2.45, 2.75) is 6.92 Å². The van der Waals surface area contributed by atoms with E-state index < -0.39 is 0 Å². The van der Waals surface area contributed by atoms with Crippen molar-refractivity contribution in [2.75, 3.05) is 7.11 Å². The molecule has 3 rings (SSSR count). The van der Waals surface area contributed by atoms with E-state index in [1.807, 2.05) is 19.1 Å². The van der Waals surface area contributed by atoms with Crippen molar-refractivity contribution in [3.63, 3.8) is 0 Å². The van der Waals surface area contributed by atoms with Crippen molar-refractivity contribution in [3.05, 3.63) is 53.9 Å². The van der Waals surface area contributed by atoms with Crippen LogP contribution in [0.15, 0.2) is 47.6 Å². The van der Waals surface area contributed by atoms with Crippen molar-refractivity contribution in [3.8, 4) is 28.9 Å². The van der Waals surface area contributed by atoms with Crippen molar-refractivity contribution in [2.24, 2.45) is 4.99 Å². The standard InChI is InChI=1S/C18H13N5O2/c1-12-17(14-5-3-13(9-19)4-6-14)18(25-2)23(22-12)16-8-7-15(10-20-16)21-11-24/h3-8,10H,1-2H3. The van der Waals surface area contributed by atoms with Crippen molar-refractivity contribution >= 4 is 11.8 Å². The number of pyridine rings is 1. The fourth-order valence-electron chi connectivity index (χ4n) is 2.52. The van der Waals surface area contributed by atoms with Gasteiger partial charge in [0.2, 0.25) is 12.0 Å². The third kappa shape index (κ3) is 3.02. The first-order valence-corrected chi connectivity index (χ1v) is 7.36. The number of isocyanates is 1. The number of ether oxygens (including phenoxy) is 1. The van der Waals surface area contributed by atoms with E-state index in [0.717, 1.165) is 16.8 Å². The molecule has 0 N–H and O–H groups in total. The van der Waals surface area contributed by atoms with Gasteiger partial charge in [-0.2, -0.15) is 20.0 Å². The van der Waals surface area contributed by atoms with E-state index in [0.29, 0.717) is 22.9 Å². The van der Waals surface area contributed by atoms with Gasteiger partial charge < -0.3 is 4.74 Å². The topological polar surface area (TPSA) is 93.2 Å². The summed E-state index contributed by atoms with van der Waals surface area (Å²) >= 11 is 0. The number of benzene rings is 1. The second kappa shape index (κ2) is 6.79. The Labute approximate surface area is 143 Å². The van der Waals surface area contributed by atoms with Crippen molar-refractivity contribution in [1.29, 1.82) is 5.26 Å². The Morgan fingerprint density at radius 1 is 1.20 bits per heavy atom. The molecule has 0 saturated carbocycles. The maximum Gasteiger partial charge on any atom is 0.240 e. The molecule has 1 aromatic carbocycles. The van der Waals surface area contributed by atoms with Gasteiger partial charge in [-0.1, -0.05) is 12.1 Å². The highest BCUT2D eigenvalue weighted by Crippen LogP contribution is 2.34. The molecule has 0 amide bonds. The minimum atomic E-state index is 0.411. The average Bonchev–Trinajstić information content (AvgIpc) is 2.99. The molecule has 3 aromatic rings. The predicted octanol–water partition coefficient (Wildman–Crippen LogP) is 3.09. The van der Waals surface area contributed by atoms with E-state index in [2.05, 4.69) is 21.1 Å². The quantitative estimate of drug-likeness (QED) is 0.541. The molecule has 7 nitrogen and oxygen atoms in total. The maximum atomic E-state index is 10.3. The van der Waals surface area contributed by atoms with E-state index in [-0.39, 0.29) is 0 Å². The van der Waals surface area contributed by atoms with E-state index in [1.54, 1.807) is 36.1 Å².